The molecule has 0 saturated heterocycles. The number of hydrogen-bond donors (Lipinski definition) is 1. The average Bonchev–Trinajstić information content (AvgIpc) is 2.17. The number of sulfonamides is 1. The molecule has 1 aromatic rings. The second kappa shape index (κ2) is 5.58. The molecule has 0 amide bonds. The zero-order valence-corrected chi connectivity index (χ0v) is 10.1. The summed E-state index contributed by atoms with van der Waals surface area (Å²) < 4.78 is 43.0. The van der Waals surface area contributed by atoms with Gasteiger partial charge in [0.1, 0.15) is 10.7 Å². The van der Waals surface area contributed by atoms with Crippen LogP contribution in [0.25, 0.3) is 0 Å². The first-order valence-corrected chi connectivity index (χ1v) is 6.27. The molecule has 0 aromatic heterocycles. The largest absolute Gasteiger partial charge is 0.383 e. The fraction of sp³-hybridized carbons (Fsp3) is 0.333. The first-order valence-electron chi connectivity index (χ1n) is 4.41. The Kier molecular flexibility index (Phi) is 4.67. The van der Waals surface area contributed by atoms with Gasteiger partial charge in [-0.25, -0.2) is 17.5 Å². The minimum Gasteiger partial charge on any atom is -0.383 e. The number of nitrogens with one attached hydrogen (secondary N) is 1. The number of methoxy groups -OCH3 is 1. The van der Waals surface area contributed by atoms with Gasteiger partial charge < -0.3 is 4.74 Å². The Morgan fingerprint density at radius 1 is 1.50 bits per heavy atom. The Balaban J connectivity index is 2.90. The van der Waals surface area contributed by atoms with Gasteiger partial charge in [0.05, 0.1) is 11.6 Å². The molecule has 90 valence electrons. The summed E-state index contributed by atoms with van der Waals surface area (Å²) in [5.41, 5.74) is 0. The molecule has 0 atom stereocenters. The highest BCUT2D eigenvalue weighted by molar-refractivity contribution is 7.89. The predicted molar refractivity (Wildman–Crippen MR) is 58.5 cm³/mol. The van der Waals surface area contributed by atoms with Gasteiger partial charge in [-0.1, -0.05) is 11.6 Å². The zero-order valence-electron chi connectivity index (χ0n) is 8.54. The van der Waals surface area contributed by atoms with Gasteiger partial charge in [-0.15, -0.1) is 0 Å². The van der Waals surface area contributed by atoms with Crippen LogP contribution in [0.4, 0.5) is 4.39 Å². The van der Waals surface area contributed by atoms with Crippen molar-refractivity contribution in [3.05, 3.63) is 29.0 Å². The summed E-state index contributed by atoms with van der Waals surface area (Å²) in [6, 6.07) is 3.11. The monoisotopic (exact) mass is 267 g/mol. The number of ether oxygens (including phenoxy) is 1. The van der Waals surface area contributed by atoms with E-state index in [0.717, 1.165) is 18.2 Å². The molecule has 0 spiro atoms. The Hall–Kier alpha value is -0.690. The van der Waals surface area contributed by atoms with Crippen molar-refractivity contribution in [2.45, 2.75) is 4.90 Å². The molecular formula is C9H11ClFNO3S. The van der Waals surface area contributed by atoms with Crippen LogP contribution in [-0.4, -0.2) is 28.7 Å². The lowest BCUT2D eigenvalue weighted by atomic mass is 10.3. The number of benzene rings is 1. The smallest absolute Gasteiger partial charge is 0.242 e. The summed E-state index contributed by atoms with van der Waals surface area (Å²) >= 11 is 5.64. The van der Waals surface area contributed by atoms with Gasteiger partial charge in [0, 0.05) is 13.7 Å². The lowest BCUT2D eigenvalue weighted by molar-refractivity contribution is 0.204. The van der Waals surface area contributed by atoms with E-state index in [1.807, 2.05) is 0 Å². The lowest BCUT2D eigenvalue weighted by Gasteiger charge is -2.07. The molecule has 0 saturated carbocycles. The van der Waals surface area contributed by atoms with Gasteiger partial charge in [0.2, 0.25) is 10.0 Å². The number of rotatable bonds is 5. The Bertz CT molecular complexity index is 464. The average molecular weight is 268 g/mol. The van der Waals surface area contributed by atoms with Crippen LogP contribution in [0.5, 0.6) is 0 Å². The van der Waals surface area contributed by atoms with Crippen molar-refractivity contribution in [1.82, 2.24) is 4.72 Å². The molecule has 0 aliphatic rings. The standard InChI is InChI=1S/C9H11ClFNO3S/c1-15-5-4-12-16(13,14)9-3-2-7(11)6-8(9)10/h2-3,6,12H,4-5H2,1H3. The summed E-state index contributed by atoms with van der Waals surface area (Å²) in [6.07, 6.45) is 0. The fourth-order valence-electron chi connectivity index (χ4n) is 1.05. The Morgan fingerprint density at radius 3 is 2.75 bits per heavy atom. The van der Waals surface area contributed by atoms with Crippen molar-refractivity contribution >= 4 is 21.6 Å². The second-order valence-electron chi connectivity index (χ2n) is 2.97. The minimum absolute atomic E-state index is 0.131. The third-order valence-corrected chi connectivity index (χ3v) is 3.73. The Morgan fingerprint density at radius 2 is 2.19 bits per heavy atom. The van der Waals surface area contributed by atoms with E-state index in [1.54, 1.807) is 0 Å². The normalized spacial score (nSPS) is 11.7. The van der Waals surface area contributed by atoms with Crippen LogP contribution in [0.15, 0.2) is 23.1 Å². The first-order chi connectivity index (χ1) is 7.47. The predicted octanol–water partition coefficient (Wildman–Crippen LogP) is 1.40. The van der Waals surface area contributed by atoms with Crippen LogP contribution >= 0.6 is 11.6 Å². The third-order valence-electron chi connectivity index (χ3n) is 1.78. The van der Waals surface area contributed by atoms with E-state index in [-0.39, 0.29) is 23.1 Å². The second-order valence-corrected chi connectivity index (χ2v) is 5.11. The SMILES string of the molecule is COCCNS(=O)(=O)c1ccc(F)cc1Cl. The number of hydrogen-bond acceptors (Lipinski definition) is 3. The van der Waals surface area contributed by atoms with E-state index in [9.17, 15) is 12.8 Å². The molecule has 0 heterocycles. The molecule has 0 aliphatic carbocycles. The maximum Gasteiger partial charge on any atom is 0.242 e. The van der Waals surface area contributed by atoms with E-state index in [4.69, 9.17) is 16.3 Å². The molecule has 0 fully saturated rings. The van der Waals surface area contributed by atoms with Crippen LogP contribution in [0, 0.1) is 5.82 Å². The van der Waals surface area contributed by atoms with E-state index in [2.05, 4.69) is 4.72 Å². The molecule has 1 rings (SSSR count). The lowest BCUT2D eigenvalue weighted by Crippen LogP contribution is -2.27. The van der Waals surface area contributed by atoms with Crippen molar-refractivity contribution in [3.63, 3.8) is 0 Å². The van der Waals surface area contributed by atoms with Crippen molar-refractivity contribution in [3.8, 4) is 0 Å². The Labute approximate surface area is 98.4 Å². The molecule has 0 radical (unpaired) electrons. The fourth-order valence-corrected chi connectivity index (χ4v) is 2.59. The molecule has 0 bridgehead atoms. The molecule has 4 nitrogen and oxygen atoms in total. The van der Waals surface area contributed by atoms with E-state index < -0.39 is 15.8 Å². The van der Waals surface area contributed by atoms with Crippen LogP contribution < -0.4 is 4.72 Å². The van der Waals surface area contributed by atoms with Gasteiger partial charge >= 0.3 is 0 Å². The van der Waals surface area contributed by atoms with E-state index >= 15 is 0 Å². The zero-order chi connectivity index (χ0) is 12.2. The summed E-state index contributed by atoms with van der Waals surface area (Å²) in [6.45, 7) is 0.380. The maximum absolute atomic E-state index is 12.7. The maximum atomic E-state index is 12.7. The summed E-state index contributed by atoms with van der Waals surface area (Å²) in [5, 5.41) is -0.148. The highest BCUT2D eigenvalue weighted by Crippen LogP contribution is 2.21. The van der Waals surface area contributed by atoms with Crippen molar-refractivity contribution in [2.24, 2.45) is 0 Å². The third kappa shape index (κ3) is 3.41. The molecule has 0 unspecified atom stereocenters. The van der Waals surface area contributed by atoms with Crippen molar-refractivity contribution in [2.75, 3.05) is 20.3 Å². The first kappa shape index (κ1) is 13.4. The molecule has 1 N–H and O–H groups in total. The van der Waals surface area contributed by atoms with Gasteiger partial charge in [-0.2, -0.15) is 0 Å². The topological polar surface area (TPSA) is 55.4 Å². The number of halogens is 2. The van der Waals surface area contributed by atoms with Crippen molar-refractivity contribution < 1.29 is 17.5 Å². The van der Waals surface area contributed by atoms with Crippen molar-refractivity contribution in [1.29, 1.82) is 0 Å². The van der Waals surface area contributed by atoms with Crippen LogP contribution in [0.3, 0.4) is 0 Å². The molecule has 16 heavy (non-hydrogen) atoms. The van der Waals surface area contributed by atoms with Gasteiger partial charge in [-0.05, 0) is 18.2 Å². The molecule has 7 heteroatoms. The minimum atomic E-state index is -3.71. The summed E-state index contributed by atoms with van der Waals surface area (Å²) in [4.78, 5) is -0.147. The molecular weight excluding hydrogens is 257 g/mol. The van der Waals surface area contributed by atoms with E-state index in [1.165, 1.54) is 7.11 Å². The highest BCUT2D eigenvalue weighted by Gasteiger charge is 2.17. The van der Waals surface area contributed by atoms with Crippen LogP contribution in [0.1, 0.15) is 0 Å². The van der Waals surface area contributed by atoms with Gasteiger partial charge in [0.15, 0.2) is 0 Å². The van der Waals surface area contributed by atoms with Gasteiger partial charge in [0.25, 0.3) is 0 Å². The summed E-state index contributed by atoms with van der Waals surface area (Å²) in [5.74, 6) is -0.583. The summed E-state index contributed by atoms with van der Waals surface area (Å²) in [7, 11) is -2.25. The highest BCUT2D eigenvalue weighted by atomic mass is 35.5. The van der Waals surface area contributed by atoms with E-state index in [0.29, 0.717) is 0 Å². The quantitative estimate of drug-likeness (QED) is 0.821. The van der Waals surface area contributed by atoms with Crippen LogP contribution in [-0.2, 0) is 14.8 Å². The molecule has 1 aromatic carbocycles. The molecule has 0 aliphatic heterocycles. The van der Waals surface area contributed by atoms with Gasteiger partial charge in [-0.3, -0.25) is 0 Å². The van der Waals surface area contributed by atoms with Crippen LogP contribution in [0.2, 0.25) is 5.02 Å².